The molecule has 0 spiro atoms. The van der Waals surface area contributed by atoms with Gasteiger partial charge >= 0.3 is 5.97 Å². The van der Waals surface area contributed by atoms with Gasteiger partial charge in [-0.15, -0.1) is 0 Å². The monoisotopic (exact) mass is 314 g/mol. The summed E-state index contributed by atoms with van der Waals surface area (Å²) >= 11 is 0. The topological polar surface area (TPSA) is 88.3 Å². The molecule has 1 aliphatic rings. The number of aryl methyl sites for hydroxylation is 1. The molecule has 1 amide bonds. The summed E-state index contributed by atoms with van der Waals surface area (Å²) in [5, 5.41) is 13.4. The third-order valence-electron chi connectivity index (χ3n) is 4.10. The van der Waals surface area contributed by atoms with Gasteiger partial charge in [0.05, 0.1) is 0 Å². The maximum Gasteiger partial charge on any atom is 0.326 e. The molecule has 1 aromatic carbocycles. The van der Waals surface area contributed by atoms with E-state index in [-0.39, 0.29) is 5.91 Å². The molecule has 1 aromatic heterocycles. The first-order valence-corrected chi connectivity index (χ1v) is 7.56. The van der Waals surface area contributed by atoms with Gasteiger partial charge < -0.3 is 10.0 Å². The molecule has 1 unspecified atom stereocenters. The standard InChI is InChI=1S/C16H18N4O3/c21-15(6-3-7-19-11-17-10-18-19)20-9-13-5-2-1-4-12(13)8-14(20)16(22)23/h1-2,4-5,10-11,14H,3,6-9H2,(H,22,23). The maximum atomic E-state index is 12.5. The van der Waals surface area contributed by atoms with Crippen LogP contribution in [0.1, 0.15) is 24.0 Å². The molecule has 2 heterocycles. The molecule has 7 nitrogen and oxygen atoms in total. The Morgan fingerprint density at radius 1 is 1.26 bits per heavy atom. The van der Waals surface area contributed by atoms with Gasteiger partial charge in [-0.25, -0.2) is 9.78 Å². The lowest BCUT2D eigenvalue weighted by molar-refractivity contribution is -0.151. The van der Waals surface area contributed by atoms with E-state index in [1.807, 2.05) is 24.3 Å². The van der Waals surface area contributed by atoms with E-state index >= 15 is 0 Å². The number of nitrogens with zero attached hydrogens (tertiary/aromatic N) is 4. The Morgan fingerprint density at radius 2 is 2.04 bits per heavy atom. The summed E-state index contributed by atoms with van der Waals surface area (Å²) < 4.78 is 1.66. The van der Waals surface area contributed by atoms with E-state index in [1.165, 1.54) is 11.2 Å². The molecule has 0 saturated carbocycles. The van der Waals surface area contributed by atoms with Crippen molar-refractivity contribution in [3.8, 4) is 0 Å². The number of aromatic nitrogens is 3. The van der Waals surface area contributed by atoms with Crippen LogP contribution in [0.15, 0.2) is 36.9 Å². The van der Waals surface area contributed by atoms with Gasteiger partial charge in [0.2, 0.25) is 5.91 Å². The number of carboxylic acid groups (broad SMARTS) is 1. The Bertz CT molecular complexity index is 699. The molecule has 7 heteroatoms. The highest BCUT2D eigenvalue weighted by molar-refractivity contribution is 5.84. The summed E-state index contributed by atoms with van der Waals surface area (Å²) in [6.07, 6.45) is 4.31. The van der Waals surface area contributed by atoms with Crippen LogP contribution in [0.2, 0.25) is 0 Å². The second-order valence-corrected chi connectivity index (χ2v) is 5.61. The highest BCUT2D eigenvalue weighted by Gasteiger charge is 2.33. The minimum atomic E-state index is -0.955. The summed E-state index contributed by atoms with van der Waals surface area (Å²) in [5.41, 5.74) is 2.03. The Balaban J connectivity index is 1.66. The molecule has 1 N–H and O–H groups in total. The number of aliphatic carboxylic acids is 1. The van der Waals surface area contributed by atoms with Gasteiger partial charge in [-0.3, -0.25) is 9.48 Å². The van der Waals surface area contributed by atoms with E-state index in [2.05, 4.69) is 10.1 Å². The Hall–Kier alpha value is -2.70. The predicted molar refractivity (Wildman–Crippen MR) is 81.4 cm³/mol. The van der Waals surface area contributed by atoms with Crippen LogP contribution in [0.25, 0.3) is 0 Å². The number of rotatable bonds is 5. The van der Waals surface area contributed by atoms with Crippen LogP contribution < -0.4 is 0 Å². The zero-order valence-electron chi connectivity index (χ0n) is 12.6. The minimum absolute atomic E-state index is 0.132. The van der Waals surface area contributed by atoms with Gasteiger partial charge in [0.15, 0.2) is 0 Å². The van der Waals surface area contributed by atoms with E-state index in [0.29, 0.717) is 32.4 Å². The molecular formula is C16H18N4O3. The van der Waals surface area contributed by atoms with Crippen molar-refractivity contribution < 1.29 is 14.7 Å². The third-order valence-corrected chi connectivity index (χ3v) is 4.10. The Morgan fingerprint density at radius 3 is 2.74 bits per heavy atom. The average Bonchev–Trinajstić information content (AvgIpc) is 3.06. The number of carbonyl (C=O) groups is 2. The summed E-state index contributed by atoms with van der Waals surface area (Å²) in [6, 6.07) is 6.89. The van der Waals surface area contributed by atoms with Gasteiger partial charge in [-0.05, 0) is 17.5 Å². The van der Waals surface area contributed by atoms with Crippen molar-refractivity contribution in [2.75, 3.05) is 0 Å². The predicted octanol–water partition coefficient (Wildman–Crippen LogP) is 1.10. The number of carboxylic acids is 1. The number of benzene rings is 1. The fourth-order valence-electron chi connectivity index (χ4n) is 2.89. The van der Waals surface area contributed by atoms with E-state index in [0.717, 1.165) is 11.1 Å². The van der Waals surface area contributed by atoms with Crippen LogP contribution >= 0.6 is 0 Å². The van der Waals surface area contributed by atoms with E-state index in [4.69, 9.17) is 0 Å². The highest BCUT2D eigenvalue weighted by atomic mass is 16.4. The normalized spacial score (nSPS) is 16.9. The number of hydrogen-bond acceptors (Lipinski definition) is 4. The van der Waals surface area contributed by atoms with Crippen molar-refractivity contribution in [1.29, 1.82) is 0 Å². The average molecular weight is 314 g/mol. The lowest BCUT2D eigenvalue weighted by Crippen LogP contribution is -2.48. The first kappa shape index (κ1) is 15.2. The number of fused-ring (bicyclic) bond motifs is 1. The maximum absolute atomic E-state index is 12.5. The zero-order chi connectivity index (χ0) is 16.2. The summed E-state index contributed by atoms with van der Waals surface area (Å²) in [7, 11) is 0. The minimum Gasteiger partial charge on any atom is -0.480 e. The zero-order valence-corrected chi connectivity index (χ0v) is 12.6. The number of hydrogen-bond donors (Lipinski definition) is 1. The lowest BCUT2D eigenvalue weighted by Gasteiger charge is -2.34. The number of amides is 1. The summed E-state index contributed by atoms with van der Waals surface area (Å²) in [6.45, 7) is 0.948. The quantitative estimate of drug-likeness (QED) is 0.892. The molecular weight excluding hydrogens is 296 g/mol. The first-order valence-electron chi connectivity index (χ1n) is 7.56. The molecule has 1 atom stereocenters. The first-order chi connectivity index (χ1) is 11.1. The number of carbonyl (C=O) groups excluding carboxylic acids is 1. The Kier molecular flexibility index (Phi) is 4.36. The molecule has 0 saturated heterocycles. The van der Waals surface area contributed by atoms with Crippen LogP contribution in [0, 0.1) is 0 Å². The SMILES string of the molecule is O=C(O)C1Cc2ccccc2CN1C(=O)CCCn1cncn1. The van der Waals surface area contributed by atoms with Crippen molar-refractivity contribution in [1.82, 2.24) is 19.7 Å². The van der Waals surface area contributed by atoms with Crippen LogP contribution in [0.5, 0.6) is 0 Å². The molecule has 0 bridgehead atoms. The van der Waals surface area contributed by atoms with Crippen molar-refractivity contribution in [3.63, 3.8) is 0 Å². The van der Waals surface area contributed by atoms with E-state index in [1.54, 1.807) is 11.0 Å². The Labute approximate surface area is 133 Å². The molecule has 1 aliphatic heterocycles. The third kappa shape index (κ3) is 3.39. The summed E-state index contributed by atoms with van der Waals surface area (Å²) in [5.74, 6) is -1.09. The van der Waals surface area contributed by atoms with Gasteiger partial charge in [-0.1, -0.05) is 24.3 Å². The molecule has 0 fully saturated rings. The smallest absolute Gasteiger partial charge is 0.326 e. The lowest BCUT2D eigenvalue weighted by atomic mass is 9.93. The summed E-state index contributed by atoms with van der Waals surface area (Å²) in [4.78, 5) is 29.3. The van der Waals surface area contributed by atoms with E-state index in [9.17, 15) is 14.7 Å². The molecule has 3 rings (SSSR count). The van der Waals surface area contributed by atoms with Crippen LogP contribution in [0.4, 0.5) is 0 Å². The van der Waals surface area contributed by atoms with Crippen molar-refractivity contribution in [2.24, 2.45) is 0 Å². The van der Waals surface area contributed by atoms with Gasteiger partial charge in [0.25, 0.3) is 0 Å². The fourth-order valence-corrected chi connectivity index (χ4v) is 2.89. The van der Waals surface area contributed by atoms with Crippen LogP contribution in [-0.2, 0) is 29.1 Å². The van der Waals surface area contributed by atoms with E-state index < -0.39 is 12.0 Å². The molecule has 23 heavy (non-hydrogen) atoms. The van der Waals surface area contributed by atoms with Gasteiger partial charge in [-0.2, -0.15) is 5.10 Å². The van der Waals surface area contributed by atoms with Crippen molar-refractivity contribution in [3.05, 3.63) is 48.0 Å². The molecule has 0 radical (unpaired) electrons. The van der Waals surface area contributed by atoms with Crippen LogP contribution in [-0.4, -0.2) is 42.7 Å². The van der Waals surface area contributed by atoms with Gasteiger partial charge in [0.1, 0.15) is 18.7 Å². The van der Waals surface area contributed by atoms with Crippen LogP contribution in [0.3, 0.4) is 0 Å². The van der Waals surface area contributed by atoms with Gasteiger partial charge in [0, 0.05) is 25.9 Å². The second-order valence-electron chi connectivity index (χ2n) is 5.61. The van der Waals surface area contributed by atoms with Crippen molar-refractivity contribution in [2.45, 2.75) is 38.4 Å². The molecule has 120 valence electrons. The largest absolute Gasteiger partial charge is 0.480 e. The molecule has 2 aromatic rings. The molecule has 0 aliphatic carbocycles. The highest BCUT2D eigenvalue weighted by Crippen LogP contribution is 2.24. The second kappa shape index (κ2) is 6.60. The fraction of sp³-hybridized carbons (Fsp3) is 0.375. The van der Waals surface area contributed by atoms with Crippen molar-refractivity contribution >= 4 is 11.9 Å².